The zero-order valence-corrected chi connectivity index (χ0v) is 7.18. The van der Waals surface area contributed by atoms with Gasteiger partial charge in [0, 0.05) is 12.5 Å². The molecule has 0 atom stereocenters. The minimum absolute atomic E-state index is 1.07. The molecular formula is C8H15N2+. The van der Waals surface area contributed by atoms with Crippen LogP contribution in [0.15, 0.2) is 11.8 Å². The van der Waals surface area contributed by atoms with Crippen LogP contribution in [-0.4, -0.2) is 36.0 Å². The number of likely N-dealkylation sites (N-methyl/N-ethyl adjacent to an activating group) is 1. The van der Waals surface area contributed by atoms with Crippen molar-refractivity contribution in [2.45, 2.75) is 13.8 Å². The van der Waals surface area contributed by atoms with Crippen LogP contribution < -0.4 is 0 Å². The Bertz CT molecular complexity index is 201. The Morgan fingerprint density at radius 3 is 2.60 bits per heavy atom. The highest BCUT2D eigenvalue weighted by atomic mass is 15.2. The first-order valence-electron chi connectivity index (χ1n) is 3.56. The molecule has 1 rings (SSSR count). The van der Waals surface area contributed by atoms with Gasteiger partial charge in [0.2, 0.25) is 5.84 Å². The van der Waals surface area contributed by atoms with E-state index in [0.717, 1.165) is 6.54 Å². The molecule has 1 heterocycles. The molecule has 1 aliphatic heterocycles. The summed E-state index contributed by atoms with van der Waals surface area (Å²) in [4.78, 5) is 2.15. The van der Waals surface area contributed by atoms with E-state index in [0.29, 0.717) is 0 Å². The molecule has 10 heavy (non-hydrogen) atoms. The minimum atomic E-state index is 1.07. The predicted octanol–water partition coefficient (Wildman–Crippen LogP) is 0.896. The minimum Gasteiger partial charge on any atom is -0.264 e. The highest BCUT2D eigenvalue weighted by Crippen LogP contribution is 2.02. The van der Waals surface area contributed by atoms with E-state index in [1.54, 1.807) is 0 Å². The van der Waals surface area contributed by atoms with Crippen LogP contribution in [0.1, 0.15) is 13.8 Å². The van der Waals surface area contributed by atoms with Gasteiger partial charge >= 0.3 is 0 Å². The van der Waals surface area contributed by atoms with E-state index in [1.807, 2.05) is 0 Å². The van der Waals surface area contributed by atoms with Crippen LogP contribution in [-0.2, 0) is 0 Å². The van der Waals surface area contributed by atoms with Gasteiger partial charge in [-0.25, -0.2) is 4.90 Å². The third-order valence-corrected chi connectivity index (χ3v) is 1.96. The fraction of sp³-hybridized carbons (Fsp3) is 0.625. The van der Waals surface area contributed by atoms with Gasteiger partial charge in [0.25, 0.3) is 0 Å². The second-order valence-electron chi connectivity index (χ2n) is 2.99. The van der Waals surface area contributed by atoms with E-state index in [-0.39, 0.29) is 0 Å². The Labute approximate surface area is 62.5 Å². The molecule has 0 bridgehead atoms. The summed E-state index contributed by atoms with van der Waals surface area (Å²) in [6.45, 7) is 5.35. The van der Waals surface area contributed by atoms with Crippen molar-refractivity contribution < 1.29 is 4.58 Å². The van der Waals surface area contributed by atoms with Crippen molar-refractivity contribution in [3.8, 4) is 0 Å². The monoisotopic (exact) mass is 139 g/mol. The van der Waals surface area contributed by atoms with E-state index in [1.165, 1.54) is 11.4 Å². The first-order chi connectivity index (χ1) is 4.61. The molecule has 0 aromatic heterocycles. The maximum Gasteiger partial charge on any atom is 0.248 e. The van der Waals surface area contributed by atoms with Crippen LogP contribution in [0.3, 0.4) is 0 Å². The largest absolute Gasteiger partial charge is 0.264 e. The lowest BCUT2D eigenvalue weighted by atomic mass is 10.3. The fourth-order valence-corrected chi connectivity index (χ4v) is 1.22. The average Bonchev–Trinajstić information content (AvgIpc) is 1.82. The van der Waals surface area contributed by atoms with E-state index in [9.17, 15) is 0 Å². The van der Waals surface area contributed by atoms with Crippen molar-refractivity contribution in [3.05, 3.63) is 11.8 Å². The molecule has 0 N–H and O–H groups in total. The van der Waals surface area contributed by atoms with Crippen LogP contribution >= 0.6 is 0 Å². The second kappa shape index (κ2) is 2.45. The Kier molecular flexibility index (Phi) is 1.79. The molecule has 2 nitrogen and oxygen atoms in total. The van der Waals surface area contributed by atoms with Gasteiger partial charge in [-0.2, -0.15) is 0 Å². The lowest BCUT2D eigenvalue weighted by Crippen LogP contribution is -2.33. The molecule has 0 amide bonds. The lowest BCUT2D eigenvalue weighted by molar-refractivity contribution is -0.496. The number of hydrogen-bond donors (Lipinski definition) is 0. The van der Waals surface area contributed by atoms with Gasteiger partial charge in [-0.15, -0.1) is 0 Å². The number of hydrogen-bond acceptors (Lipinski definition) is 1. The second-order valence-corrected chi connectivity index (χ2v) is 2.99. The molecule has 0 saturated heterocycles. The van der Waals surface area contributed by atoms with E-state index in [2.05, 4.69) is 43.6 Å². The molecule has 0 saturated carbocycles. The Hall–Kier alpha value is -0.790. The van der Waals surface area contributed by atoms with Crippen molar-refractivity contribution >= 4 is 5.84 Å². The van der Waals surface area contributed by atoms with Crippen LogP contribution in [0.2, 0.25) is 0 Å². The standard InChI is InChI=1S/C8H15N2/c1-7-5-9(3)8(2)10(4)6-7/h5H,6H2,1-4H3/q+1. The molecule has 0 radical (unpaired) electrons. The summed E-state index contributed by atoms with van der Waals surface area (Å²) in [5, 5.41) is 0. The molecule has 0 unspecified atom stereocenters. The van der Waals surface area contributed by atoms with Crippen LogP contribution in [0, 0.1) is 0 Å². The maximum atomic E-state index is 2.25. The van der Waals surface area contributed by atoms with Gasteiger partial charge < -0.3 is 0 Å². The highest BCUT2D eigenvalue weighted by Gasteiger charge is 2.14. The summed E-state index contributed by atoms with van der Waals surface area (Å²) < 4.78 is 2.25. The van der Waals surface area contributed by atoms with E-state index >= 15 is 0 Å². The zero-order chi connectivity index (χ0) is 7.72. The van der Waals surface area contributed by atoms with Crippen molar-refractivity contribution in [2.75, 3.05) is 20.6 Å². The topological polar surface area (TPSA) is 6.25 Å². The maximum absolute atomic E-state index is 2.25. The Morgan fingerprint density at radius 1 is 1.50 bits per heavy atom. The molecule has 56 valence electrons. The van der Waals surface area contributed by atoms with Gasteiger partial charge in [0.15, 0.2) is 0 Å². The first-order valence-corrected chi connectivity index (χ1v) is 3.56. The van der Waals surface area contributed by atoms with Crippen molar-refractivity contribution in [1.82, 2.24) is 4.90 Å². The Morgan fingerprint density at radius 2 is 2.10 bits per heavy atom. The summed E-state index contributed by atoms with van der Waals surface area (Å²) in [6.07, 6.45) is 2.18. The van der Waals surface area contributed by atoms with Crippen molar-refractivity contribution in [2.24, 2.45) is 0 Å². The van der Waals surface area contributed by atoms with Crippen LogP contribution in [0.5, 0.6) is 0 Å². The quantitative estimate of drug-likeness (QED) is 0.452. The lowest BCUT2D eigenvalue weighted by Gasteiger charge is -2.16. The normalized spacial score (nSPS) is 19.6. The molecule has 2 heteroatoms. The SMILES string of the molecule is CC1=CN(C)C(C)=[N+](C)C1. The Balaban J connectivity index is 2.85. The fourth-order valence-electron chi connectivity index (χ4n) is 1.22. The third kappa shape index (κ3) is 1.20. The van der Waals surface area contributed by atoms with Gasteiger partial charge in [-0.1, -0.05) is 0 Å². The average molecular weight is 139 g/mol. The molecule has 0 aromatic carbocycles. The van der Waals surface area contributed by atoms with Crippen LogP contribution in [0.25, 0.3) is 0 Å². The first kappa shape index (κ1) is 7.32. The third-order valence-electron chi connectivity index (χ3n) is 1.96. The van der Waals surface area contributed by atoms with Gasteiger partial charge in [0.1, 0.15) is 6.54 Å². The summed E-state index contributed by atoms with van der Waals surface area (Å²) in [6, 6.07) is 0. The zero-order valence-electron chi connectivity index (χ0n) is 7.18. The van der Waals surface area contributed by atoms with Gasteiger partial charge in [-0.3, -0.25) is 4.58 Å². The molecule has 0 spiro atoms. The van der Waals surface area contributed by atoms with E-state index in [4.69, 9.17) is 0 Å². The molecule has 0 fully saturated rings. The number of nitrogens with zero attached hydrogens (tertiary/aromatic N) is 2. The molecular weight excluding hydrogens is 124 g/mol. The summed E-state index contributed by atoms with van der Waals surface area (Å²) in [5.41, 5.74) is 1.41. The number of amidine groups is 1. The predicted molar refractivity (Wildman–Crippen MR) is 43.3 cm³/mol. The summed E-state index contributed by atoms with van der Waals surface area (Å²) in [5.74, 6) is 1.31. The van der Waals surface area contributed by atoms with Gasteiger partial charge in [-0.05, 0) is 6.92 Å². The highest BCUT2D eigenvalue weighted by molar-refractivity contribution is 5.76. The number of rotatable bonds is 0. The van der Waals surface area contributed by atoms with Gasteiger partial charge in [0.05, 0.1) is 20.3 Å². The smallest absolute Gasteiger partial charge is 0.248 e. The summed E-state index contributed by atoms with van der Waals surface area (Å²) >= 11 is 0. The van der Waals surface area contributed by atoms with Crippen LogP contribution in [0.4, 0.5) is 0 Å². The molecule has 1 aliphatic rings. The summed E-state index contributed by atoms with van der Waals surface area (Å²) in [7, 11) is 4.19. The van der Waals surface area contributed by atoms with Crippen molar-refractivity contribution in [1.29, 1.82) is 0 Å². The van der Waals surface area contributed by atoms with Crippen molar-refractivity contribution in [3.63, 3.8) is 0 Å². The molecule has 0 aliphatic carbocycles. The van der Waals surface area contributed by atoms with E-state index < -0.39 is 0 Å². The molecule has 0 aromatic rings.